The third-order valence-electron chi connectivity index (χ3n) is 5.28. The molecule has 1 N–H and O–H groups in total. The number of carbonyl (C=O) groups excluding carboxylic acids is 3. The summed E-state index contributed by atoms with van der Waals surface area (Å²) in [5, 5.41) is 2.62. The van der Waals surface area contributed by atoms with Crippen LogP contribution in [0.15, 0.2) is 41.0 Å². The number of rotatable bonds is 7. The molecule has 3 rings (SSSR count). The zero-order valence-electron chi connectivity index (χ0n) is 17.3. The molecule has 1 saturated heterocycles. The molecule has 0 bridgehead atoms. The van der Waals surface area contributed by atoms with Crippen molar-refractivity contribution in [2.75, 3.05) is 39.8 Å². The Kier molecular flexibility index (Phi) is 7.11. The molecule has 0 saturated carbocycles. The number of methoxy groups -OCH3 is 1. The standard InChI is InChI=1S/C22H27N3O5/c1-16-19(9-14-30-16)22(28)23-15-21(27)25-12-10-24(11-13-25)20(26)8-5-17-3-6-18(29-2)7-4-17/h3-4,6-7,9,14H,5,8,10-13,15H2,1-2H3,(H,23,28). The van der Waals surface area contributed by atoms with Crippen LogP contribution in [0.25, 0.3) is 0 Å². The van der Waals surface area contributed by atoms with Gasteiger partial charge in [-0.25, -0.2) is 0 Å². The van der Waals surface area contributed by atoms with Gasteiger partial charge in [0.1, 0.15) is 11.5 Å². The van der Waals surface area contributed by atoms with E-state index < -0.39 is 0 Å². The third kappa shape index (κ3) is 5.40. The van der Waals surface area contributed by atoms with Crippen LogP contribution in [0.4, 0.5) is 0 Å². The molecule has 0 unspecified atom stereocenters. The van der Waals surface area contributed by atoms with E-state index in [2.05, 4.69) is 5.32 Å². The summed E-state index contributed by atoms with van der Waals surface area (Å²) >= 11 is 0. The second-order valence-corrected chi connectivity index (χ2v) is 7.18. The van der Waals surface area contributed by atoms with Crippen LogP contribution in [0.3, 0.4) is 0 Å². The Bertz CT molecular complexity index is 882. The molecule has 0 spiro atoms. The summed E-state index contributed by atoms with van der Waals surface area (Å²) in [6.45, 7) is 3.56. The lowest BCUT2D eigenvalue weighted by atomic mass is 10.1. The molecule has 2 heterocycles. The molecule has 8 heteroatoms. The Labute approximate surface area is 175 Å². The normalized spacial score (nSPS) is 13.8. The maximum Gasteiger partial charge on any atom is 0.255 e. The van der Waals surface area contributed by atoms with Crippen molar-refractivity contribution in [1.82, 2.24) is 15.1 Å². The zero-order chi connectivity index (χ0) is 21.5. The van der Waals surface area contributed by atoms with E-state index in [1.54, 1.807) is 29.9 Å². The van der Waals surface area contributed by atoms with Crippen LogP contribution in [0, 0.1) is 6.92 Å². The molecular weight excluding hydrogens is 386 g/mol. The number of benzene rings is 1. The average molecular weight is 413 g/mol. The summed E-state index contributed by atoms with van der Waals surface area (Å²) in [6.07, 6.45) is 2.54. The fourth-order valence-electron chi connectivity index (χ4n) is 3.39. The van der Waals surface area contributed by atoms with Crippen molar-refractivity contribution in [3.63, 3.8) is 0 Å². The highest BCUT2D eigenvalue weighted by molar-refractivity contribution is 5.97. The topological polar surface area (TPSA) is 92.1 Å². The van der Waals surface area contributed by atoms with Crippen molar-refractivity contribution >= 4 is 17.7 Å². The van der Waals surface area contributed by atoms with Crippen molar-refractivity contribution in [2.24, 2.45) is 0 Å². The number of aryl methyl sites for hydroxylation is 2. The van der Waals surface area contributed by atoms with Gasteiger partial charge in [0.05, 0.1) is 25.5 Å². The van der Waals surface area contributed by atoms with Crippen LogP contribution >= 0.6 is 0 Å². The summed E-state index contributed by atoms with van der Waals surface area (Å²) in [4.78, 5) is 40.4. The maximum atomic E-state index is 12.5. The van der Waals surface area contributed by atoms with Crippen LogP contribution in [0.5, 0.6) is 5.75 Å². The number of nitrogens with zero attached hydrogens (tertiary/aromatic N) is 2. The molecule has 0 atom stereocenters. The third-order valence-corrected chi connectivity index (χ3v) is 5.28. The summed E-state index contributed by atoms with van der Waals surface area (Å²) in [5.41, 5.74) is 1.51. The van der Waals surface area contributed by atoms with E-state index in [4.69, 9.17) is 9.15 Å². The Morgan fingerprint density at radius 1 is 1.00 bits per heavy atom. The Morgan fingerprint density at radius 2 is 1.63 bits per heavy atom. The molecule has 1 aromatic carbocycles. The molecule has 0 aliphatic carbocycles. The fourth-order valence-corrected chi connectivity index (χ4v) is 3.39. The predicted octanol–water partition coefficient (Wildman–Crippen LogP) is 1.63. The molecular formula is C22H27N3O5. The SMILES string of the molecule is COc1ccc(CCC(=O)N2CCN(C(=O)CNC(=O)c3ccoc3C)CC2)cc1. The second-order valence-electron chi connectivity index (χ2n) is 7.18. The first kappa shape index (κ1) is 21.4. The number of amides is 3. The first-order chi connectivity index (χ1) is 14.5. The van der Waals surface area contributed by atoms with Gasteiger partial charge in [0.2, 0.25) is 11.8 Å². The number of furan rings is 1. The molecule has 1 aliphatic rings. The van der Waals surface area contributed by atoms with Crippen LogP contribution < -0.4 is 10.1 Å². The maximum absolute atomic E-state index is 12.5. The molecule has 1 aliphatic heterocycles. The van der Waals surface area contributed by atoms with Gasteiger partial charge in [0.15, 0.2) is 0 Å². The Morgan fingerprint density at radius 3 is 2.20 bits per heavy atom. The molecule has 160 valence electrons. The van der Waals surface area contributed by atoms with Gasteiger partial charge in [0, 0.05) is 32.6 Å². The monoisotopic (exact) mass is 413 g/mol. The fraction of sp³-hybridized carbons (Fsp3) is 0.409. The average Bonchev–Trinajstić information content (AvgIpc) is 3.22. The lowest BCUT2D eigenvalue weighted by Gasteiger charge is -2.35. The summed E-state index contributed by atoms with van der Waals surface area (Å²) < 4.78 is 10.2. The van der Waals surface area contributed by atoms with Crippen molar-refractivity contribution < 1.29 is 23.5 Å². The van der Waals surface area contributed by atoms with Gasteiger partial charge in [-0.15, -0.1) is 0 Å². The van der Waals surface area contributed by atoms with Gasteiger partial charge >= 0.3 is 0 Å². The summed E-state index contributed by atoms with van der Waals surface area (Å²) in [7, 11) is 1.62. The molecule has 0 radical (unpaired) electrons. The summed E-state index contributed by atoms with van der Waals surface area (Å²) in [5.74, 6) is 0.905. The van der Waals surface area contributed by atoms with E-state index in [-0.39, 0.29) is 24.3 Å². The minimum Gasteiger partial charge on any atom is -0.497 e. The van der Waals surface area contributed by atoms with Crippen molar-refractivity contribution in [3.05, 3.63) is 53.5 Å². The van der Waals surface area contributed by atoms with E-state index in [0.29, 0.717) is 50.3 Å². The molecule has 8 nitrogen and oxygen atoms in total. The van der Waals surface area contributed by atoms with Crippen molar-refractivity contribution in [1.29, 1.82) is 0 Å². The van der Waals surface area contributed by atoms with E-state index in [9.17, 15) is 14.4 Å². The zero-order valence-corrected chi connectivity index (χ0v) is 17.3. The first-order valence-electron chi connectivity index (χ1n) is 9.98. The number of nitrogens with one attached hydrogen (secondary N) is 1. The number of hydrogen-bond acceptors (Lipinski definition) is 5. The number of carbonyl (C=O) groups is 3. The van der Waals surface area contributed by atoms with E-state index in [0.717, 1.165) is 11.3 Å². The largest absolute Gasteiger partial charge is 0.497 e. The molecule has 2 aromatic rings. The Balaban J connectivity index is 1.39. The number of hydrogen-bond donors (Lipinski definition) is 1. The van der Waals surface area contributed by atoms with Crippen LogP contribution in [0.2, 0.25) is 0 Å². The van der Waals surface area contributed by atoms with Crippen LogP contribution in [-0.4, -0.2) is 67.4 Å². The van der Waals surface area contributed by atoms with Gasteiger partial charge in [0.25, 0.3) is 5.91 Å². The minimum absolute atomic E-state index is 0.0745. The highest BCUT2D eigenvalue weighted by atomic mass is 16.5. The lowest BCUT2D eigenvalue weighted by Crippen LogP contribution is -2.52. The lowest BCUT2D eigenvalue weighted by molar-refractivity contribution is -0.138. The predicted molar refractivity (Wildman–Crippen MR) is 110 cm³/mol. The van der Waals surface area contributed by atoms with Crippen molar-refractivity contribution in [3.8, 4) is 5.75 Å². The van der Waals surface area contributed by atoms with E-state index in [1.807, 2.05) is 24.3 Å². The van der Waals surface area contributed by atoms with E-state index in [1.165, 1.54) is 6.26 Å². The Hall–Kier alpha value is -3.29. The quantitative estimate of drug-likeness (QED) is 0.745. The molecule has 3 amide bonds. The highest BCUT2D eigenvalue weighted by Gasteiger charge is 2.24. The molecule has 1 aromatic heterocycles. The van der Waals surface area contributed by atoms with Gasteiger partial charge in [-0.2, -0.15) is 0 Å². The van der Waals surface area contributed by atoms with Gasteiger partial charge in [-0.1, -0.05) is 12.1 Å². The number of ether oxygens (including phenoxy) is 1. The highest BCUT2D eigenvalue weighted by Crippen LogP contribution is 2.14. The van der Waals surface area contributed by atoms with Crippen molar-refractivity contribution in [2.45, 2.75) is 19.8 Å². The van der Waals surface area contributed by atoms with Gasteiger partial charge in [-0.05, 0) is 37.1 Å². The smallest absolute Gasteiger partial charge is 0.255 e. The molecule has 30 heavy (non-hydrogen) atoms. The van der Waals surface area contributed by atoms with E-state index >= 15 is 0 Å². The first-order valence-corrected chi connectivity index (χ1v) is 9.98. The van der Waals surface area contributed by atoms with Crippen LogP contribution in [0.1, 0.15) is 28.1 Å². The van der Waals surface area contributed by atoms with Gasteiger partial charge < -0.3 is 24.3 Å². The molecule has 1 fully saturated rings. The second kappa shape index (κ2) is 9.96. The van der Waals surface area contributed by atoms with Crippen LogP contribution in [-0.2, 0) is 16.0 Å². The summed E-state index contributed by atoms with van der Waals surface area (Å²) in [6, 6.07) is 9.27. The minimum atomic E-state index is -0.332. The van der Waals surface area contributed by atoms with Gasteiger partial charge in [-0.3, -0.25) is 14.4 Å². The number of piperazine rings is 1.